The molecule has 0 saturated heterocycles. The molecule has 0 aliphatic heterocycles. The summed E-state index contributed by atoms with van der Waals surface area (Å²) >= 11 is 0. The van der Waals surface area contributed by atoms with Crippen molar-refractivity contribution in [2.24, 2.45) is 0 Å². The molecule has 2 aromatic rings. The van der Waals surface area contributed by atoms with Crippen LogP contribution in [0.25, 0.3) is 0 Å². The van der Waals surface area contributed by atoms with Gasteiger partial charge in [0.05, 0.1) is 13.7 Å². The second-order valence-electron chi connectivity index (χ2n) is 9.99. The van der Waals surface area contributed by atoms with Gasteiger partial charge < -0.3 is 28.5 Å². The molecular formula is C25H33F3N2O7Si. The maximum absolute atomic E-state index is 14.1. The minimum atomic E-state index is -2.75. The molecule has 13 heteroatoms. The summed E-state index contributed by atoms with van der Waals surface area (Å²) in [5, 5.41) is 1.88. The Bertz CT molecular complexity index is 1230. The van der Waals surface area contributed by atoms with Crippen molar-refractivity contribution in [3.63, 3.8) is 0 Å². The molecule has 0 fully saturated rings. The van der Waals surface area contributed by atoms with E-state index in [-0.39, 0.29) is 12.2 Å². The summed E-state index contributed by atoms with van der Waals surface area (Å²) in [4.78, 5) is 39.5. The molecule has 0 radical (unpaired) electrons. The van der Waals surface area contributed by atoms with Crippen LogP contribution in [0.5, 0.6) is 5.75 Å². The first-order valence-electron chi connectivity index (χ1n) is 11.6. The standard InChI is InChI=1S/C25H33F3N2O7Si/c1-25(2,3)38(7,8)37-22-20(24(33)36-6)30(13-19(34-4)35-5)12-16(21(22)31)23(32)29-11-15-17(27)9-14(26)10-18(15)28/h9-10,12,19H,11,13H2,1-8H3,(H,29,32). The van der Waals surface area contributed by atoms with E-state index in [4.69, 9.17) is 18.6 Å². The minimum absolute atomic E-state index is 0.146. The summed E-state index contributed by atoms with van der Waals surface area (Å²) < 4.78 is 64.2. The Hall–Kier alpha value is -3.16. The molecule has 0 spiro atoms. The number of hydrogen-bond acceptors (Lipinski definition) is 7. The molecule has 1 N–H and O–H groups in total. The van der Waals surface area contributed by atoms with Crippen molar-refractivity contribution in [2.45, 2.75) is 58.3 Å². The quantitative estimate of drug-likeness (QED) is 0.267. The van der Waals surface area contributed by atoms with Gasteiger partial charge in [-0.15, -0.1) is 0 Å². The summed E-state index contributed by atoms with van der Waals surface area (Å²) in [5.41, 5.74) is -2.24. The van der Waals surface area contributed by atoms with E-state index in [1.54, 1.807) is 0 Å². The molecular weight excluding hydrogens is 525 g/mol. The number of methoxy groups -OCH3 is 3. The Morgan fingerprint density at radius 3 is 2.08 bits per heavy atom. The molecule has 0 aliphatic rings. The van der Waals surface area contributed by atoms with Crippen LogP contribution < -0.4 is 15.2 Å². The number of pyridine rings is 1. The highest BCUT2D eigenvalue weighted by atomic mass is 28.4. The number of carbonyl (C=O) groups excluding carboxylic acids is 2. The van der Waals surface area contributed by atoms with E-state index in [1.165, 1.54) is 18.8 Å². The zero-order valence-electron chi connectivity index (χ0n) is 22.7. The highest BCUT2D eigenvalue weighted by Gasteiger charge is 2.41. The van der Waals surface area contributed by atoms with Gasteiger partial charge in [-0.05, 0) is 18.1 Å². The lowest BCUT2D eigenvalue weighted by Gasteiger charge is -2.37. The largest absolute Gasteiger partial charge is 0.539 e. The van der Waals surface area contributed by atoms with E-state index in [0.29, 0.717) is 12.1 Å². The Morgan fingerprint density at radius 2 is 1.61 bits per heavy atom. The number of carbonyl (C=O) groups is 2. The van der Waals surface area contributed by atoms with Gasteiger partial charge in [-0.2, -0.15) is 0 Å². The van der Waals surface area contributed by atoms with Gasteiger partial charge in [-0.1, -0.05) is 20.8 Å². The number of halogens is 3. The van der Waals surface area contributed by atoms with Crippen LogP contribution in [-0.4, -0.2) is 52.4 Å². The molecule has 1 aromatic heterocycles. The number of hydrogen-bond donors (Lipinski definition) is 1. The monoisotopic (exact) mass is 558 g/mol. The predicted octanol–water partition coefficient (Wildman–Crippen LogP) is 3.99. The van der Waals surface area contributed by atoms with Crippen molar-refractivity contribution >= 4 is 20.2 Å². The van der Waals surface area contributed by atoms with E-state index in [9.17, 15) is 27.6 Å². The van der Waals surface area contributed by atoms with Crippen LogP contribution in [0.4, 0.5) is 13.2 Å². The van der Waals surface area contributed by atoms with Crippen molar-refractivity contribution in [1.29, 1.82) is 0 Å². The summed E-state index contributed by atoms with van der Waals surface area (Å²) in [5.74, 6) is -5.83. The lowest BCUT2D eigenvalue weighted by Crippen LogP contribution is -2.46. The molecule has 38 heavy (non-hydrogen) atoms. The number of rotatable bonds is 10. The lowest BCUT2D eigenvalue weighted by atomic mass is 10.1. The summed E-state index contributed by atoms with van der Waals surface area (Å²) in [6, 6.07) is 0.951. The third-order valence-electron chi connectivity index (χ3n) is 6.43. The minimum Gasteiger partial charge on any atom is -0.539 e. The molecule has 1 heterocycles. The SMILES string of the molecule is COC(=O)c1c(O[Si](C)(C)C(C)(C)C)c(=O)c(C(=O)NCc2c(F)cc(F)cc2F)cn1CC(OC)OC. The molecule has 2 rings (SSSR count). The predicted molar refractivity (Wildman–Crippen MR) is 135 cm³/mol. The Kier molecular flexibility index (Phi) is 9.92. The zero-order chi connectivity index (χ0) is 29.0. The maximum atomic E-state index is 14.1. The van der Waals surface area contributed by atoms with Gasteiger partial charge in [0, 0.05) is 44.7 Å². The van der Waals surface area contributed by atoms with Crippen molar-refractivity contribution in [1.82, 2.24) is 9.88 Å². The van der Waals surface area contributed by atoms with E-state index >= 15 is 0 Å². The van der Waals surface area contributed by atoms with Gasteiger partial charge in [-0.25, -0.2) is 18.0 Å². The van der Waals surface area contributed by atoms with Gasteiger partial charge >= 0.3 is 5.97 Å². The van der Waals surface area contributed by atoms with E-state index in [2.05, 4.69) is 5.32 Å². The molecule has 0 atom stereocenters. The average Bonchev–Trinajstić information content (AvgIpc) is 2.81. The van der Waals surface area contributed by atoms with Crippen LogP contribution in [0.3, 0.4) is 0 Å². The van der Waals surface area contributed by atoms with E-state index < -0.39 is 77.8 Å². The van der Waals surface area contributed by atoms with Gasteiger partial charge in [0.25, 0.3) is 14.2 Å². The summed E-state index contributed by atoms with van der Waals surface area (Å²) in [7, 11) is 1.11. The lowest BCUT2D eigenvalue weighted by molar-refractivity contribution is -0.111. The van der Waals surface area contributed by atoms with Crippen LogP contribution in [0.15, 0.2) is 23.1 Å². The van der Waals surface area contributed by atoms with Crippen LogP contribution in [0, 0.1) is 17.5 Å². The van der Waals surface area contributed by atoms with Crippen molar-refractivity contribution < 1.29 is 41.4 Å². The Labute approximate surface area is 220 Å². The maximum Gasteiger partial charge on any atom is 0.358 e. The first-order chi connectivity index (χ1) is 17.6. The summed E-state index contributed by atoms with van der Waals surface area (Å²) in [6.45, 7) is 8.63. The number of aromatic nitrogens is 1. The van der Waals surface area contributed by atoms with Gasteiger partial charge in [-0.3, -0.25) is 9.59 Å². The van der Waals surface area contributed by atoms with Crippen LogP contribution in [-0.2, 0) is 27.3 Å². The number of nitrogens with zero attached hydrogens (tertiary/aromatic N) is 1. The van der Waals surface area contributed by atoms with Crippen molar-refractivity contribution in [3.8, 4) is 5.75 Å². The molecule has 0 saturated carbocycles. The fourth-order valence-electron chi connectivity index (χ4n) is 3.17. The average molecular weight is 559 g/mol. The number of amides is 1. The molecule has 0 bridgehead atoms. The van der Waals surface area contributed by atoms with Crippen molar-refractivity contribution in [3.05, 3.63) is 62.8 Å². The molecule has 210 valence electrons. The number of ether oxygens (including phenoxy) is 3. The number of esters is 1. The second-order valence-corrected chi connectivity index (χ2v) is 14.7. The van der Waals surface area contributed by atoms with Crippen LogP contribution in [0.1, 0.15) is 47.2 Å². The van der Waals surface area contributed by atoms with Gasteiger partial charge in [0.15, 0.2) is 17.7 Å². The molecule has 0 unspecified atom stereocenters. The first kappa shape index (κ1) is 31.1. The fourth-order valence-corrected chi connectivity index (χ4v) is 4.17. The van der Waals surface area contributed by atoms with Gasteiger partial charge in [0.2, 0.25) is 5.43 Å². The van der Waals surface area contributed by atoms with Gasteiger partial charge in [0.1, 0.15) is 23.0 Å². The Morgan fingerprint density at radius 1 is 1.05 bits per heavy atom. The third-order valence-corrected chi connectivity index (χ3v) is 10.8. The topological polar surface area (TPSA) is 105 Å². The molecule has 0 aliphatic carbocycles. The van der Waals surface area contributed by atoms with E-state index in [0.717, 1.165) is 13.3 Å². The highest BCUT2D eigenvalue weighted by Crippen LogP contribution is 2.37. The zero-order valence-corrected chi connectivity index (χ0v) is 23.7. The first-order valence-corrected chi connectivity index (χ1v) is 14.5. The Balaban J connectivity index is 2.70. The normalized spacial score (nSPS) is 12.0. The number of nitrogens with one attached hydrogen (secondary N) is 1. The second kappa shape index (κ2) is 12.1. The van der Waals surface area contributed by atoms with Crippen molar-refractivity contribution in [2.75, 3.05) is 21.3 Å². The van der Waals surface area contributed by atoms with Crippen LogP contribution in [0.2, 0.25) is 18.1 Å². The third kappa shape index (κ3) is 6.82. The molecule has 1 amide bonds. The number of benzene rings is 1. The molecule has 1 aromatic carbocycles. The van der Waals surface area contributed by atoms with Crippen LogP contribution >= 0.6 is 0 Å². The fraction of sp³-hybridized carbons (Fsp3) is 0.480. The smallest absolute Gasteiger partial charge is 0.358 e. The summed E-state index contributed by atoms with van der Waals surface area (Å²) in [6.07, 6.45) is 0.199. The van der Waals surface area contributed by atoms with E-state index in [1.807, 2.05) is 33.9 Å². The highest BCUT2D eigenvalue weighted by molar-refractivity contribution is 6.74. The molecule has 9 nitrogen and oxygen atoms in total.